The van der Waals surface area contributed by atoms with Gasteiger partial charge in [0.05, 0.1) is 10.2 Å². The van der Waals surface area contributed by atoms with Crippen molar-refractivity contribution >= 4 is 49.1 Å². The smallest absolute Gasteiger partial charge is 0.255 e. The van der Waals surface area contributed by atoms with Crippen molar-refractivity contribution in [3.63, 3.8) is 0 Å². The van der Waals surface area contributed by atoms with Gasteiger partial charge in [-0.1, -0.05) is 22.0 Å². The van der Waals surface area contributed by atoms with Crippen LogP contribution < -0.4 is 5.32 Å². The third-order valence-electron chi connectivity index (χ3n) is 4.04. The Bertz CT molecular complexity index is 1090. The van der Waals surface area contributed by atoms with E-state index in [-0.39, 0.29) is 5.91 Å². The Morgan fingerprint density at radius 2 is 1.73 bits per heavy atom. The second-order valence-corrected chi connectivity index (χ2v) is 7.97. The molecular weight excluding hydrogens is 408 g/mol. The number of rotatable bonds is 3. The lowest BCUT2D eigenvalue weighted by Crippen LogP contribution is -2.11. The number of anilines is 1. The summed E-state index contributed by atoms with van der Waals surface area (Å²) in [6.07, 6.45) is 0. The minimum atomic E-state index is -0.124. The Morgan fingerprint density at radius 1 is 1.00 bits per heavy atom. The van der Waals surface area contributed by atoms with Crippen LogP contribution in [0.15, 0.2) is 71.2 Å². The fourth-order valence-electron chi connectivity index (χ4n) is 2.66. The number of thiazole rings is 1. The quantitative estimate of drug-likeness (QED) is 0.421. The van der Waals surface area contributed by atoms with Gasteiger partial charge in [0.15, 0.2) is 0 Å². The Balaban J connectivity index is 1.54. The molecule has 0 aliphatic carbocycles. The van der Waals surface area contributed by atoms with E-state index in [1.54, 1.807) is 23.5 Å². The van der Waals surface area contributed by atoms with Crippen LogP contribution in [0.5, 0.6) is 0 Å². The van der Waals surface area contributed by atoms with E-state index in [1.165, 1.54) is 10.3 Å². The highest BCUT2D eigenvalue weighted by molar-refractivity contribution is 9.10. The molecule has 0 aliphatic heterocycles. The molecule has 1 amide bonds. The monoisotopic (exact) mass is 422 g/mol. The lowest BCUT2D eigenvalue weighted by atomic mass is 10.2. The fraction of sp³-hybridized carbons (Fsp3) is 0.0476. The molecule has 0 aliphatic rings. The number of carbonyl (C=O) groups is 1. The summed E-state index contributed by atoms with van der Waals surface area (Å²) in [5, 5.41) is 3.90. The van der Waals surface area contributed by atoms with Crippen molar-refractivity contribution < 1.29 is 4.79 Å². The molecule has 1 aromatic heterocycles. The second kappa shape index (κ2) is 7.02. The standard InChI is InChI=1S/C21H15BrN2OS/c1-13-2-11-18-19(12-13)26-21(24-18)15-5-9-17(10-6-15)23-20(25)14-3-7-16(22)8-4-14/h2-12H,1H3,(H,23,25). The summed E-state index contributed by atoms with van der Waals surface area (Å²) in [4.78, 5) is 17.0. The summed E-state index contributed by atoms with van der Waals surface area (Å²) in [5.41, 5.74) is 4.69. The maximum absolute atomic E-state index is 12.3. The average Bonchev–Trinajstić information content (AvgIpc) is 3.06. The zero-order valence-electron chi connectivity index (χ0n) is 14.0. The summed E-state index contributed by atoms with van der Waals surface area (Å²) < 4.78 is 2.14. The van der Waals surface area contributed by atoms with Gasteiger partial charge in [-0.3, -0.25) is 4.79 Å². The molecule has 0 saturated heterocycles. The zero-order chi connectivity index (χ0) is 18.1. The van der Waals surface area contributed by atoms with Crippen molar-refractivity contribution in [3.05, 3.63) is 82.3 Å². The number of benzene rings is 3. The molecule has 5 heteroatoms. The molecule has 3 aromatic carbocycles. The Labute approximate surface area is 163 Å². The molecule has 3 nitrogen and oxygen atoms in total. The van der Waals surface area contributed by atoms with Crippen molar-refractivity contribution in [2.75, 3.05) is 5.32 Å². The largest absolute Gasteiger partial charge is 0.322 e. The van der Waals surface area contributed by atoms with Gasteiger partial charge in [-0.2, -0.15) is 0 Å². The van der Waals surface area contributed by atoms with Crippen LogP contribution in [0, 0.1) is 6.92 Å². The van der Waals surface area contributed by atoms with Gasteiger partial charge < -0.3 is 5.32 Å². The van der Waals surface area contributed by atoms with Gasteiger partial charge in [0, 0.05) is 21.3 Å². The number of aromatic nitrogens is 1. The van der Waals surface area contributed by atoms with Crippen molar-refractivity contribution in [3.8, 4) is 10.6 Å². The molecule has 0 unspecified atom stereocenters. The van der Waals surface area contributed by atoms with Gasteiger partial charge >= 0.3 is 0 Å². The van der Waals surface area contributed by atoms with Crippen LogP contribution in [0.4, 0.5) is 5.69 Å². The number of nitrogens with one attached hydrogen (secondary N) is 1. The number of hydrogen-bond donors (Lipinski definition) is 1. The van der Waals surface area contributed by atoms with Gasteiger partial charge in [0.1, 0.15) is 5.01 Å². The first-order valence-electron chi connectivity index (χ1n) is 8.13. The number of aryl methyl sites for hydroxylation is 1. The maximum Gasteiger partial charge on any atom is 0.255 e. The highest BCUT2D eigenvalue weighted by Gasteiger charge is 2.08. The van der Waals surface area contributed by atoms with Gasteiger partial charge in [-0.25, -0.2) is 4.98 Å². The summed E-state index contributed by atoms with van der Waals surface area (Å²) >= 11 is 5.05. The lowest BCUT2D eigenvalue weighted by Gasteiger charge is -2.06. The topological polar surface area (TPSA) is 42.0 Å². The van der Waals surface area contributed by atoms with Gasteiger partial charge in [-0.15, -0.1) is 11.3 Å². The molecule has 0 saturated carbocycles. The fourth-order valence-corrected chi connectivity index (χ4v) is 3.99. The van der Waals surface area contributed by atoms with E-state index in [2.05, 4.69) is 46.4 Å². The summed E-state index contributed by atoms with van der Waals surface area (Å²) in [7, 11) is 0. The third-order valence-corrected chi connectivity index (χ3v) is 5.64. The SMILES string of the molecule is Cc1ccc2nc(-c3ccc(NC(=O)c4ccc(Br)cc4)cc3)sc2c1. The van der Waals surface area contributed by atoms with Crippen molar-refractivity contribution in [1.82, 2.24) is 4.98 Å². The number of halogens is 1. The second-order valence-electron chi connectivity index (χ2n) is 6.03. The van der Waals surface area contributed by atoms with Crippen LogP contribution in [0.2, 0.25) is 0 Å². The van der Waals surface area contributed by atoms with Crippen molar-refractivity contribution in [2.45, 2.75) is 6.92 Å². The van der Waals surface area contributed by atoms with E-state index < -0.39 is 0 Å². The molecule has 0 radical (unpaired) electrons. The molecule has 128 valence electrons. The predicted molar refractivity (Wildman–Crippen MR) is 112 cm³/mol. The van der Waals surface area contributed by atoms with Crippen molar-refractivity contribution in [1.29, 1.82) is 0 Å². The van der Waals surface area contributed by atoms with Gasteiger partial charge in [-0.05, 0) is 73.2 Å². The minimum absolute atomic E-state index is 0.124. The predicted octanol–water partition coefficient (Wildman–Crippen LogP) is 6.29. The van der Waals surface area contributed by atoms with E-state index in [0.29, 0.717) is 5.56 Å². The number of fused-ring (bicyclic) bond motifs is 1. The first-order valence-corrected chi connectivity index (χ1v) is 9.74. The molecule has 0 atom stereocenters. The Hall–Kier alpha value is -2.50. The van der Waals surface area contributed by atoms with Crippen LogP contribution >= 0.6 is 27.3 Å². The Morgan fingerprint density at radius 3 is 2.46 bits per heavy atom. The number of hydrogen-bond acceptors (Lipinski definition) is 3. The highest BCUT2D eigenvalue weighted by Crippen LogP contribution is 2.31. The van der Waals surface area contributed by atoms with E-state index >= 15 is 0 Å². The van der Waals surface area contributed by atoms with Crippen LogP contribution in [-0.4, -0.2) is 10.9 Å². The van der Waals surface area contributed by atoms with Gasteiger partial charge in [0.25, 0.3) is 5.91 Å². The highest BCUT2D eigenvalue weighted by atomic mass is 79.9. The summed E-state index contributed by atoms with van der Waals surface area (Å²) in [6.45, 7) is 2.09. The molecule has 4 rings (SSSR count). The average molecular weight is 423 g/mol. The molecule has 4 aromatic rings. The third kappa shape index (κ3) is 3.54. The molecule has 1 N–H and O–H groups in total. The Kier molecular flexibility index (Phi) is 4.57. The summed E-state index contributed by atoms with van der Waals surface area (Å²) in [6, 6.07) is 21.4. The molecule has 0 spiro atoms. The molecule has 0 bridgehead atoms. The van der Waals surface area contributed by atoms with Crippen LogP contribution in [0.3, 0.4) is 0 Å². The zero-order valence-corrected chi connectivity index (χ0v) is 16.4. The molecule has 0 fully saturated rings. The van der Waals surface area contributed by atoms with Gasteiger partial charge in [0.2, 0.25) is 0 Å². The number of amides is 1. The van der Waals surface area contributed by atoms with E-state index in [1.807, 2.05) is 36.4 Å². The van der Waals surface area contributed by atoms with E-state index in [9.17, 15) is 4.79 Å². The van der Waals surface area contributed by atoms with E-state index in [0.717, 1.165) is 26.2 Å². The normalized spacial score (nSPS) is 10.8. The first-order chi connectivity index (χ1) is 12.6. The maximum atomic E-state index is 12.3. The van der Waals surface area contributed by atoms with Crippen LogP contribution in [0.25, 0.3) is 20.8 Å². The van der Waals surface area contributed by atoms with E-state index in [4.69, 9.17) is 4.98 Å². The lowest BCUT2D eigenvalue weighted by molar-refractivity contribution is 0.102. The molecule has 26 heavy (non-hydrogen) atoms. The number of nitrogens with zero attached hydrogens (tertiary/aromatic N) is 1. The van der Waals surface area contributed by atoms with Crippen LogP contribution in [0.1, 0.15) is 15.9 Å². The van der Waals surface area contributed by atoms with Crippen molar-refractivity contribution in [2.24, 2.45) is 0 Å². The van der Waals surface area contributed by atoms with Crippen LogP contribution in [-0.2, 0) is 0 Å². The minimum Gasteiger partial charge on any atom is -0.322 e. The first kappa shape index (κ1) is 16.9. The number of carbonyl (C=O) groups excluding carboxylic acids is 1. The molecule has 1 heterocycles. The molecular formula is C21H15BrN2OS. The summed E-state index contributed by atoms with van der Waals surface area (Å²) in [5.74, 6) is -0.124.